The molecule has 0 aliphatic carbocycles. The molecule has 1 amide bonds. The number of benzene rings is 1. The zero-order valence-corrected chi connectivity index (χ0v) is 12.3. The summed E-state index contributed by atoms with van der Waals surface area (Å²) >= 11 is 1.83. The Balaban J connectivity index is 2.61. The summed E-state index contributed by atoms with van der Waals surface area (Å²) in [5, 5.41) is 0.577. The summed E-state index contributed by atoms with van der Waals surface area (Å²) < 4.78 is 0. The molecule has 0 saturated carbocycles. The Kier molecular flexibility index (Phi) is 5.69. The van der Waals surface area contributed by atoms with E-state index >= 15 is 0 Å². The molecular formula is C14H22N2OS. The van der Waals surface area contributed by atoms with Gasteiger partial charge in [-0.3, -0.25) is 4.79 Å². The number of likely N-dealkylation sites (N-methyl/N-ethyl adjacent to an activating group) is 1. The minimum atomic E-state index is -0.455. The highest BCUT2D eigenvalue weighted by Gasteiger charge is 2.15. The summed E-state index contributed by atoms with van der Waals surface area (Å²) in [6.45, 7) is 4.34. The first-order valence-electron chi connectivity index (χ1n) is 6.12. The number of thioether (sulfide) groups is 1. The van der Waals surface area contributed by atoms with Gasteiger partial charge in [-0.05, 0) is 24.1 Å². The van der Waals surface area contributed by atoms with Gasteiger partial charge in [-0.1, -0.05) is 26.0 Å². The summed E-state index contributed by atoms with van der Waals surface area (Å²) in [5.74, 6) is -0.0318. The van der Waals surface area contributed by atoms with Crippen LogP contribution in [0.25, 0.3) is 0 Å². The maximum atomic E-state index is 11.7. The molecule has 1 aromatic carbocycles. The van der Waals surface area contributed by atoms with Crippen LogP contribution in [0.3, 0.4) is 0 Å². The molecule has 1 rings (SSSR count). The summed E-state index contributed by atoms with van der Waals surface area (Å²) in [4.78, 5) is 14.4. The fraction of sp³-hybridized carbons (Fsp3) is 0.500. The smallest absolute Gasteiger partial charge is 0.239 e. The molecule has 0 radical (unpaired) electrons. The van der Waals surface area contributed by atoms with E-state index in [1.807, 2.05) is 23.9 Å². The molecular weight excluding hydrogens is 244 g/mol. The minimum Gasteiger partial charge on any atom is -0.347 e. The second-order valence-electron chi connectivity index (χ2n) is 4.85. The Labute approximate surface area is 114 Å². The molecule has 1 unspecified atom stereocenters. The van der Waals surface area contributed by atoms with Gasteiger partial charge in [-0.25, -0.2) is 0 Å². The lowest BCUT2D eigenvalue weighted by atomic mass is 10.1. The third-order valence-corrected chi connectivity index (χ3v) is 3.52. The number of rotatable bonds is 5. The van der Waals surface area contributed by atoms with E-state index in [2.05, 4.69) is 26.0 Å². The van der Waals surface area contributed by atoms with Gasteiger partial charge in [0, 0.05) is 24.2 Å². The van der Waals surface area contributed by atoms with E-state index < -0.39 is 6.04 Å². The average Bonchev–Trinajstić information content (AvgIpc) is 2.29. The van der Waals surface area contributed by atoms with Crippen LogP contribution in [0.1, 0.15) is 19.4 Å². The molecule has 0 bridgehead atoms. The highest BCUT2D eigenvalue weighted by molar-refractivity contribution is 7.99. The number of nitrogens with two attached hydrogens (primary N) is 1. The molecule has 1 atom stereocenters. The second-order valence-corrected chi connectivity index (χ2v) is 6.50. The van der Waals surface area contributed by atoms with Crippen molar-refractivity contribution in [2.75, 3.05) is 14.1 Å². The van der Waals surface area contributed by atoms with E-state index in [-0.39, 0.29) is 5.91 Å². The Hall–Kier alpha value is -1.00. The van der Waals surface area contributed by atoms with E-state index in [1.165, 1.54) is 9.80 Å². The van der Waals surface area contributed by atoms with Crippen molar-refractivity contribution in [3.8, 4) is 0 Å². The van der Waals surface area contributed by atoms with E-state index in [0.29, 0.717) is 11.7 Å². The first-order chi connectivity index (χ1) is 8.40. The predicted octanol–water partition coefficient (Wildman–Crippen LogP) is 2.15. The molecule has 100 valence electrons. The van der Waals surface area contributed by atoms with Crippen molar-refractivity contribution in [3.05, 3.63) is 29.8 Å². The van der Waals surface area contributed by atoms with Gasteiger partial charge in [-0.15, -0.1) is 11.8 Å². The summed E-state index contributed by atoms with van der Waals surface area (Å²) in [6.07, 6.45) is 0.587. The van der Waals surface area contributed by atoms with Crippen LogP contribution >= 0.6 is 11.8 Å². The lowest BCUT2D eigenvalue weighted by molar-refractivity contribution is -0.130. The van der Waals surface area contributed by atoms with Crippen molar-refractivity contribution < 1.29 is 4.79 Å². The molecule has 0 aliphatic rings. The van der Waals surface area contributed by atoms with E-state index in [9.17, 15) is 4.79 Å². The van der Waals surface area contributed by atoms with Gasteiger partial charge < -0.3 is 10.6 Å². The quantitative estimate of drug-likeness (QED) is 0.831. The van der Waals surface area contributed by atoms with Crippen LogP contribution in [-0.4, -0.2) is 36.2 Å². The molecule has 1 aromatic rings. The summed E-state index contributed by atoms with van der Waals surface area (Å²) in [7, 11) is 3.45. The van der Waals surface area contributed by atoms with Gasteiger partial charge in [0.15, 0.2) is 0 Å². The Morgan fingerprint density at radius 3 is 2.28 bits per heavy atom. The van der Waals surface area contributed by atoms with Gasteiger partial charge in [0.25, 0.3) is 0 Å². The van der Waals surface area contributed by atoms with E-state index in [1.54, 1.807) is 14.1 Å². The monoisotopic (exact) mass is 266 g/mol. The first kappa shape index (κ1) is 15.1. The molecule has 4 heteroatoms. The van der Waals surface area contributed by atoms with Gasteiger partial charge in [0.1, 0.15) is 0 Å². The maximum absolute atomic E-state index is 11.7. The molecule has 0 saturated heterocycles. The van der Waals surface area contributed by atoms with E-state index in [0.717, 1.165) is 5.56 Å². The number of nitrogens with zero attached hydrogens (tertiary/aromatic N) is 1. The van der Waals surface area contributed by atoms with Crippen molar-refractivity contribution in [3.63, 3.8) is 0 Å². The molecule has 18 heavy (non-hydrogen) atoms. The largest absolute Gasteiger partial charge is 0.347 e. The summed E-state index contributed by atoms with van der Waals surface area (Å²) in [5.41, 5.74) is 6.98. The second kappa shape index (κ2) is 6.81. The predicted molar refractivity (Wildman–Crippen MR) is 77.8 cm³/mol. The normalized spacial score (nSPS) is 12.6. The highest BCUT2D eigenvalue weighted by Crippen LogP contribution is 2.23. The highest BCUT2D eigenvalue weighted by atomic mass is 32.2. The molecule has 0 fully saturated rings. The minimum absolute atomic E-state index is 0.0318. The lowest BCUT2D eigenvalue weighted by Crippen LogP contribution is -2.41. The van der Waals surface area contributed by atoms with Gasteiger partial charge >= 0.3 is 0 Å². The van der Waals surface area contributed by atoms with Crippen molar-refractivity contribution in [1.29, 1.82) is 0 Å². The zero-order valence-electron chi connectivity index (χ0n) is 11.5. The van der Waals surface area contributed by atoms with Crippen molar-refractivity contribution in [2.24, 2.45) is 5.73 Å². The molecule has 2 N–H and O–H groups in total. The Morgan fingerprint density at radius 2 is 1.83 bits per heavy atom. The summed E-state index contributed by atoms with van der Waals surface area (Å²) in [6, 6.07) is 7.82. The molecule has 0 heterocycles. The average molecular weight is 266 g/mol. The van der Waals surface area contributed by atoms with E-state index in [4.69, 9.17) is 5.73 Å². The third kappa shape index (κ3) is 4.70. The number of amides is 1. The maximum Gasteiger partial charge on any atom is 0.239 e. The van der Waals surface area contributed by atoms with Gasteiger partial charge in [0.2, 0.25) is 5.91 Å². The van der Waals surface area contributed by atoms with Crippen LogP contribution in [0.15, 0.2) is 29.2 Å². The van der Waals surface area contributed by atoms with Crippen molar-refractivity contribution >= 4 is 17.7 Å². The molecule has 0 aliphatic heterocycles. The number of hydrogen-bond acceptors (Lipinski definition) is 3. The topological polar surface area (TPSA) is 46.3 Å². The first-order valence-corrected chi connectivity index (χ1v) is 7.00. The number of hydrogen-bond donors (Lipinski definition) is 1. The van der Waals surface area contributed by atoms with Crippen LogP contribution in [0.4, 0.5) is 0 Å². The lowest BCUT2D eigenvalue weighted by Gasteiger charge is -2.16. The van der Waals surface area contributed by atoms with Crippen molar-refractivity contribution in [2.45, 2.75) is 36.5 Å². The Bertz CT molecular complexity index is 387. The Morgan fingerprint density at radius 1 is 1.28 bits per heavy atom. The zero-order chi connectivity index (χ0) is 13.7. The molecule has 0 spiro atoms. The van der Waals surface area contributed by atoms with Gasteiger partial charge in [-0.2, -0.15) is 0 Å². The fourth-order valence-electron chi connectivity index (χ4n) is 1.65. The SMILES string of the molecule is CC(C)Sc1ccc(CC(N)C(=O)N(C)C)cc1. The van der Waals surface area contributed by atoms with Crippen LogP contribution in [0.5, 0.6) is 0 Å². The van der Waals surface area contributed by atoms with Crippen LogP contribution in [0.2, 0.25) is 0 Å². The van der Waals surface area contributed by atoms with Crippen LogP contribution < -0.4 is 5.73 Å². The molecule has 0 aromatic heterocycles. The van der Waals surface area contributed by atoms with Crippen LogP contribution in [-0.2, 0) is 11.2 Å². The fourth-order valence-corrected chi connectivity index (χ4v) is 2.49. The van der Waals surface area contributed by atoms with Crippen molar-refractivity contribution in [1.82, 2.24) is 4.90 Å². The number of carbonyl (C=O) groups is 1. The van der Waals surface area contributed by atoms with Gasteiger partial charge in [0.05, 0.1) is 6.04 Å². The van der Waals surface area contributed by atoms with Crippen LogP contribution in [0, 0.1) is 0 Å². The molecule has 3 nitrogen and oxygen atoms in total. The standard InChI is InChI=1S/C14H22N2OS/c1-10(2)18-12-7-5-11(6-8-12)9-13(15)14(17)16(3)4/h5-8,10,13H,9,15H2,1-4H3. The number of carbonyl (C=O) groups excluding carboxylic acids is 1. The third-order valence-electron chi connectivity index (χ3n) is 2.51.